The van der Waals surface area contributed by atoms with Crippen molar-refractivity contribution in [3.63, 3.8) is 0 Å². The van der Waals surface area contributed by atoms with E-state index in [0.717, 1.165) is 5.75 Å². The number of methoxy groups -OCH3 is 1. The SMILES string of the molecule is CC(N)C(=O)O.COc1cc2ccc1=2. The van der Waals surface area contributed by atoms with Gasteiger partial charge < -0.3 is 15.6 Å². The van der Waals surface area contributed by atoms with Crippen LogP contribution in [0.15, 0.2) is 18.2 Å². The number of benzene rings is 1. The molecule has 3 N–H and O–H groups in total. The van der Waals surface area contributed by atoms with E-state index >= 15 is 0 Å². The summed E-state index contributed by atoms with van der Waals surface area (Å²) in [4.78, 5) is 9.57. The van der Waals surface area contributed by atoms with Crippen molar-refractivity contribution in [3.05, 3.63) is 28.6 Å². The van der Waals surface area contributed by atoms with Crippen molar-refractivity contribution in [3.8, 4) is 5.75 Å². The predicted molar refractivity (Wildman–Crippen MR) is 52.0 cm³/mol. The second-order valence-electron chi connectivity index (χ2n) is 3.04. The molecule has 76 valence electrons. The number of ether oxygens (including phenoxy) is 1. The van der Waals surface area contributed by atoms with Crippen LogP contribution in [-0.4, -0.2) is 24.2 Å². The van der Waals surface area contributed by atoms with Gasteiger partial charge in [-0.1, -0.05) is 12.1 Å². The fraction of sp³-hybridized carbons (Fsp3) is 0.300. The minimum atomic E-state index is -0.963. The molecule has 0 bridgehead atoms. The molecule has 0 spiro atoms. The molecule has 4 heteroatoms. The van der Waals surface area contributed by atoms with Crippen molar-refractivity contribution in [1.29, 1.82) is 0 Å². The molecular formula is C10H13NO3. The molecule has 0 heterocycles. The second-order valence-corrected chi connectivity index (χ2v) is 3.04. The fourth-order valence-corrected chi connectivity index (χ4v) is 0.923. The van der Waals surface area contributed by atoms with Crippen molar-refractivity contribution < 1.29 is 14.6 Å². The highest BCUT2D eigenvalue weighted by atomic mass is 16.5. The average molecular weight is 195 g/mol. The molecule has 4 nitrogen and oxygen atoms in total. The molecule has 0 aromatic carbocycles. The minimum absolute atomic E-state index is 0.731. The Labute approximate surface area is 81.6 Å². The van der Waals surface area contributed by atoms with Crippen LogP contribution in [0.1, 0.15) is 6.92 Å². The molecule has 0 saturated carbocycles. The number of carbonyl (C=O) groups is 1. The summed E-state index contributed by atoms with van der Waals surface area (Å²) in [6.45, 7) is 1.42. The lowest BCUT2D eigenvalue weighted by Gasteiger charge is -2.08. The first-order chi connectivity index (χ1) is 6.56. The van der Waals surface area contributed by atoms with E-state index in [0.29, 0.717) is 0 Å². The first-order valence-corrected chi connectivity index (χ1v) is 4.23. The molecule has 0 amide bonds. The van der Waals surface area contributed by atoms with E-state index in [-0.39, 0.29) is 0 Å². The standard InChI is InChI=1S/C7H6O.C3H7NO2/c1-8-7-4-5-2-3-6(5)7;1-2(4)3(5)6/h2-4H,1H3;2H,4H2,1H3,(H,5,6). The van der Waals surface area contributed by atoms with E-state index in [1.54, 1.807) is 7.11 Å². The summed E-state index contributed by atoms with van der Waals surface area (Å²) in [5.41, 5.74) is 4.84. The third kappa shape index (κ3) is 2.03. The maximum absolute atomic E-state index is 9.57. The summed E-state index contributed by atoms with van der Waals surface area (Å²) in [7, 11) is 1.70. The highest BCUT2D eigenvalue weighted by Gasteiger charge is 2.03. The Kier molecular flexibility index (Phi) is 3.09. The van der Waals surface area contributed by atoms with Gasteiger partial charge >= 0.3 is 5.97 Å². The van der Waals surface area contributed by atoms with Gasteiger partial charge in [0.1, 0.15) is 11.8 Å². The van der Waals surface area contributed by atoms with Crippen LogP contribution in [0.3, 0.4) is 0 Å². The third-order valence-electron chi connectivity index (χ3n) is 1.90. The topological polar surface area (TPSA) is 72.6 Å². The molecule has 0 aliphatic heterocycles. The van der Waals surface area contributed by atoms with Gasteiger partial charge in [0.2, 0.25) is 0 Å². The number of nitrogens with two attached hydrogens (primary N) is 1. The summed E-state index contributed by atoms with van der Waals surface area (Å²) in [6.07, 6.45) is 0. The van der Waals surface area contributed by atoms with Crippen LogP contribution in [0.4, 0.5) is 0 Å². The molecule has 0 aromatic heterocycles. The zero-order chi connectivity index (χ0) is 10.7. The van der Waals surface area contributed by atoms with Crippen molar-refractivity contribution in [2.75, 3.05) is 7.11 Å². The summed E-state index contributed by atoms with van der Waals surface area (Å²) < 4.78 is 4.97. The molecule has 2 aliphatic carbocycles. The first kappa shape index (κ1) is 10.5. The normalized spacial score (nSPS) is 12.2. The second kappa shape index (κ2) is 4.11. The number of rotatable bonds is 2. The molecule has 14 heavy (non-hydrogen) atoms. The van der Waals surface area contributed by atoms with Crippen LogP contribution < -0.4 is 10.5 Å². The number of hydrogen-bond acceptors (Lipinski definition) is 3. The molecule has 0 aromatic rings. The van der Waals surface area contributed by atoms with Crippen LogP contribution in [0, 0.1) is 10.4 Å². The minimum Gasteiger partial charge on any atom is -0.496 e. The molecule has 2 aliphatic rings. The van der Waals surface area contributed by atoms with Gasteiger partial charge in [-0.05, 0) is 18.2 Å². The summed E-state index contributed by atoms with van der Waals surface area (Å²) in [5, 5.41) is 10.5. The molecule has 0 saturated heterocycles. The predicted octanol–water partition coefficient (Wildman–Crippen LogP) is 0.714. The Bertz CT molecular complexity index is 425. The zero-order valence-corrected chi connectivity index (χ0v) is 8.15. The summed E-state index contributed by atoms with van der Waals surface area (Å²) >= 11 is 0. The van der Waals surface area contributed by atoms with Crippen LogP contribution in [0.5, 0.6) is 5.75 Å². The van der Waals surface area contributed by atoms with Crippen LogP contribution >= 0.6 is 0 Å². The number of carboxylic acids is 1. The van der Waals surface area contributed by atoms with Gasteiger partial charge in [0, 0.05) is 5.22 Å². The Morgan fingerprint density at radius 1 is 1.57 bits per heavy atom. The van der Waals surface area contributed by atoms with E-state index < -0.39 is 12.0 Å². The van der Waals surface area contributed by atoms with Gasteiger partial charge in [0.15, 0.2) is 0 Å². The maximum Gasteiger partial charge on any atom is 0.320 e. The average Bonchev–Trinajstić information content (AvgIpc) is 2.10. The Morgan fingerprint density at radius 2 is 2.14 bits per heavy atom. The number of aliphatic carboxylic acids is 1. The van der Waals surface area contributed by atoms with Gasteiger partial charge in [0.25, 0.3) is 0 Å². The molecule has 1 unspecified atom stereocenters. The first-order valence-electron chi connectivity index (χ1n) is 4.23. The van der Waals surface area contributed by atoms with Crippen molar-refractivity contribution in [2.24, 2.45) is 5.73 Å². The zero-order valence-electron chi connectivity index (χ0n) is 8.15. The monoisotopic (exact) mass is 195 g/mol. The number of hydrogen-bond donors (Lipinski definition) is 2. The lowest BCUT2D eigenvalue weighted by molar-refractivity contribution is -0.138. The Hall–Kier alpha value is -1.55. The van der Waals surface area contributed by atoms with Gasteiger partial charge in [-0.3, -0.25) is 4.79 Å². The van der Waals surface area contributed by atoms with Gasteiger partial charge in [0.05, 0.1) is 7.11 Å². The van der Waals surface area contributed by atoms with E-state index in [1.807, 2.05) is 6.07 Å². The van der Waals surface area contributed by atoms with Gasteiger partial charge in [-0.2, -0.15) is 0 Å². The molecule has 2 rings (SSSR count). The van der Waals surface area contributed by atoms with E-state index in [1.165, 1.54) is 17.4 Å². The Morgan fingerprint density at radius 3 is 2.21 bits per heavy atom. The van der Waals surface area contributed by atoms with Crippen LogP contribution in [-0.2, 0) is 4.79 Å². The van der Waals surface area contributed by atoms with Crippen LogP contribution in [0.25, 0.3) is 0 Å². The van der Waals surface area contributed by atoms with Gasteiger partial charge in [-0.25, -0.2) is 0 Å². The lowest BCUT2D eigenvalue weighted by atomic mass is 10.1. The molecule has 0 radical (unpaired) electrons. The Balaban J connectivity index is 0.000000149. The quantitative estimate of drug-likeness (QED) is 0.740. The van der Waals surface area contributed by atoms with Crippen molar-refractivity contribution >= 4 is 5.97 Å². The van der Waals surface area contributed by atoms with E-state index in [4.69, 9.17) is 15.6 Å². The summed E-state index contributed by atoms with van der Waals surface area (Å²) in [5.74, 6) is 0.0671. The molecule has 1 atom stereocenters. The summed E-state index contributed by atoms with van der Waals surface area (Å²) in [6, 6.07) is 5.45. The lowest BCUT2D eigenvalue weighted by Crippen LogP contribution is -2.25. The molecular weight excluding hydrogens is 182 g/mol. The maximum atomic E-state index is 9.57. The fourth-order valence-electron chi connectivity index (χ4n) is 0.923. The molecule has 0 fully saturated rings. The third-order valence-corrected chi connectivity index (χ3v) is 1.90. The smallest absolute Gasteiger partial charge is 0.320 e. The number of carboxylic acid groups (broad SMARTS) is 1. The largest absolute Gasteiger partial charge is 0.496 e. The van der Waals surface area contributed by atoms with Crippen molar-refractivity contribution in [2.45, 2.75) is 13.0 Å². The van der Waals surface area contributed by atoms with E-state index in [9.17, 15) is 4.79 Å². The van der Waals surface area contributed by atoms with Crippen molar-refractivity contribution in [1.82, 2.24) is 0 Å². The highest BCUT2D eigenvalue weighted by Crippen LogP contribution is 2.22. The van der Waals surface area contributed by atoms with E-state index in [2.05, 4.69) is 12.1 Å². The van der Waals surface area contributed by atoms with Gasteiger partial charge in [-0.15, -0.1) is 0 Å². The highest BCUT2D eigenvalue weighted by molar-refractivity contribution is 5.72. The van der Waals surface area contributed by atoms with Crippen LogP contribution in [0.2, 0.25) is 0 Å².